The molecule has 4 nitrogen and oxygen atoms in total. The number of rotatable bonds is 5. The highest BCUT2D eigenvalue weighted by Crippen LogP contribution is 2.26. The molecule has 2 rings (SSSR count). The van der Waals surface area contributed by atoms with Gasteiger partial charge in [-0.3, -0.25) is 4.79 Å². The lowest BCUT2D eigenvalue weighted by atomic mass is 9.94. The third-order valence-electron chi connectivity index (χ3n) is 4.26. The molecular weight excluding hydrogens is 266 g/mol. The van der Waals surface area contributed by atoms with Crippen molar-refractivity contribution in [2.24, 2.45) is 0 Å². The molecule has 1 aliphatic carbocycles. The van der Waals surface area contributed by atoms with Crippen molar-refractivity contribution in [1.82, 2.24) is 5.32 Å². The molecule has 0 saturated heterocycles. The van der Waals surface area contributed by atoms with Crippen LogP contribution in [0.4, 0.5) is 0 Å². The SMILES string of the molecule is O=C(CCc1ccccc1O)NCC1(O)CCCCCC1. The van der Waals surface area contributed by atoms with Crippen molar-refractivity contribution in [3.63, 3.8) is 0 Å². The molecule has 1 fully saturated rings. The van der Waals surface area contributed by atoms with E-state index in [0.717, 1.165) is 31.2 Å². The Morgan fingerprint density at radius 3 is 2.48 bits per heavy atom. The summed E-state index contributed by atoms with van der Waals surface area (Å²) in [5.74, 6) is 0.156. The number of carbonyl (C=O) groups excluding carboxylic acids is 1. The second-order valence-electron chi connectivity index (χ2n) is 6.04. The first-order valence-electron chi connectivity index (χ1n) is 7.85. The maximum atomic E-state index is 11.9. The van der Waals surface area contributed by atoms with Crippen molar-refractivity contribution in [3.8, 4) is 5.75 Å². The van der Waals surface area contributed by atoms with Gasteiger partial charge in [0.05, 0.1) is 5.60 Å². The Balaban J connectivity index is 1.75. The van der Waals surface area contributed by atoms with Crippen molar-refractivity contribution in [3.05, 3.63) is 29.8 Å². The highest BCUT2D eigenvalue weighted by molar-refractivity contribution is 5.76. The number of carbonyl (C=O) groups is 1. The molecule has 1 aromatic carbocycles. The fraction of sp³-hybridized carbons (Fsp3) is 0.588. The van der Waals surface area contributed by atoms with E-state index in [9.17, 15) is 15.0 Å². The summed E-state index contributed by atoms with van der Waals surface area (Å²) < 4.78 is 0. The molecule has 0 radical (unpaired) electrons. The summed E-state index contributed by atoms with van der Waals surface area (Å²) >= 11 is 0. The summed E-state index contributed by atoms with van der Waals surface area (Å²) in [4.78, 5) is 11.9. The maximum Gasteiger partial charge on any atom is 0.220 e. The summed E-state index contributed by atoms with van der Waals surface area (Å²) in [6.45, 7) is 0.340. The summed E-state index contributed by atoms with van der Waals surface area (Å²) in [5, 5.41) is 23.0. The molecule has 0 unspecified atom stereocenters. The normalized spacial score (nSPS) is 18.0. The van der Waals surface area contributed by atoms with Gasteiger partial charge in [-0.05, 0) is 30.9 Å². The molecule has 0 aromatic heterocycles. The number of aliphatic hydroxyl groups is 1. The zero-order chi connectivity index (χ0) is 15.1. The van der Waals surface area contributed by atoms with E-state index in [-0.39, 0.29) is 11.7 Å². The molecule has 0 bridgehead atoms. The fourth-order valence-corrected chi connectivity index (χ4v) is 2.89. The number of aromatic hydroxyl groups is 1. The number of aryl methyl sites for hydroxylation is 1. The van der Waals surface area contributed by atoms with Crippen molar-refractivity contribution in [2.45, 2.75) is 57.0 Å². The smallest absolute Gasteiger partial charge is 0.220 e. The van der Waals surface area contributed by atoms with Gasteiger partial charge in [0, 0.05) is 13.0 Å². The van der Waals surface area contributed by atoms with E-state index < -0.39 is 5.60 Å². The molecule has 0 atom stereocenters. The second-order valence-corrected chi connectivity index (χ2v) is 6.04. The molecule has 1 amide bonds. The van der Waals surface area contributed by atoms with Crippen molar-refractivity contribution in [1.29, 1.82) is 0 Å². The molecule has 1 aliphatic rings. The lowest BCUT2D eigenvalue weighted by Gasteiger charge is -2.26. The zero-order valence-electron chi connectivity index (χ0n) is 12.5. The lowest BCUT2D eigenvalue weighted by molar-refractivity contribution is -0.122. The van der Waals surface area contributed by atoms with Gasteiger partial charge in [0.25, 0.3) is 0 Å². The van der Waals surface area contributed by atoms with Gasteiger partial charge in [0.15, 0.2) is 0 Å². The minimum Gasteiger partial charge on any atom is -0.508 e. The molecule has 1 saturated carbocycles. The van der Waals surface area contributed by atoms with Gasteiger partial charge in [-0.2, -0.15) is 0 Å². The number of hydrogen-bond acceptors (Lipinski definition) is 3. The molecule has 0 heterocycles. The van der Waals surface area contributed by atoms with Gasteiger partial charge in [-0.1, -0.05) is 43.9 Å². The molecule has 21 heavy (non-hydrogen) atoms. The molecule has 3 N–H and O–H groups in total. The number of phenols is 1. The Kier molecular flexibility index (Phi) is 5.62. The van der Waals surface area contributed by atoms with E-state index in [4.69, 9.17) is 0 Å². The predicted octanol–water partition coefficient (Wildman–Crippen LogP) is 2.53. The topological polar surface area (TPSA) is 69.6 Å². The van der Waals surface area contributed by atoms with Crippen LogP contribution in [0.5, 0.6) is 5.75 Å². The van der Waals surface area contributed by atoms with Crippen LogP contribution in [0.2, 0.25) is 0 Å². The summed E-state index contributed by atoms with van der Waals surface area (Å²) in [6, 6.07) is 7.06. The number of benzene rings is 1. The summed E-state index contributed by atoms with van der Waals surface area (Å²) in [5.41, 5.74) is 0.0435. The van der Waals surface area contributed by atoms with Crippen molar-refractivity contribution >= 4 is 5.91 Å². The molecule has 1 aromatic rings. The van der Waals surface area contributed by atoms with Crippen molar-refractivity contribution in [2.75, 3.05) is 6.54 Å². The van der Waals surface area contributed by atoms with Crippen LogP contribution in [0.15, 0.2) is 24.3 Å². The van der Waals surface area contributed by atoms with Crippen LogP contribution in [0, 0.1) is 0 Å². The standard InChI is InChI=1S/C17H25NO3/c19-15-8-4-3-7-14(15)9-10-16(20)18-13-17(21)11-5-1-2-6-12-17/h3-4,7-8,19,21H,1-2,5-6,9-13H2,(H,18,20). The number of para-hydroxylation sites is 1. The Labute approximate surface area is 126 Å². The van der Waals surface area contributed by atoms with E-state index in [1.807, 2.05) is 12.1 Å². The first-order valence-corrected chi connectivity index (χ1v) is 7.85. The molecule has 0 spiro atoms. The van der Waals surface area contributed by atoms with Crippen LogP contribution in [-0.2, 0) is 11.2 Å². The monoisotopic (exact) mass is 291 g/mol. The largest absolute Gasteiger partial charge is 0.508 e. The van der Waals surface area contributed by atoms with Gasteiger partial charge in [0.2, 0.25) is 5.91 Å². The second kappa shape index (κ2) is 7.46. The predicted molar refractivity (Wildman–Crippen MR) is 82.1 cm³/mol. The molecular formula is C17H25NO3. The Morgan fingerprint density at radius 1 is 1.14 bits per heavy atom. The summed E-state index contributed by atoms with van der Waals surface area (Å²) in [7, 11) is 0. The first-order chi connectivity index (χ1) is 10.1. The van der Waals surface area contributed by atoms with Crippen LogP contribution in [0.1, 0.15) is 50.5 Å². The molecule has 0 aliphatic heterocycles. The quantitative estimate of drug-likeness (QED) is 0.730. The van der Waals surface area contributed by atoms with E-state index in [0.29, 0.717) is 19.4 Å². The van der Waals surface area contributed by atoms with Gasteiger partial charge >= 0.3 is 0 Å². The minimum absolute atomic E-state index is 0.0732. The average Bonchev–Trinajstić information content (AvgIpc) is 2.70. The first kappa shape index (κ1) is 15.8. The van der Waals surface area contributed by atoms with Gasteiger partial charge < -0.3 is 15.5 Å². The van der Waals surface area contributed by atoms with E-state index in [2.05, 4.69) is 5.32 Å². The van der Waals surface area contributed by atoms with Gasteiger partial charge in [-0.15, -0.1) is 0 Å². The molecule has 4 heteroatoms. The van der Waals surface area contributed by atoms with Crippen LogP contribution in [0.25, 0.3) is 0 Å². The van der Waals surface area contributed by atoms with E-state index in [1.165, 1.54) is 12.8 Å². The van der Waals surface area contributed by atoms with Crippen LogP contribution in [0.3, 0.4) is 0 Å². The van der Waals surface area contributed by atoms with Crippen LogP contribution in [-0.4, -0.2) is 28.3 Å². The van der Waals surface area contributed by atoms with Gasteiger partial charge in [0.1, 0.15) is 5.75 Å². The Hall–Kier alpha value is -1.55. The fourth-order valence-electron chi connectivity index (χ4n) is 2.89. The highest BCUT2D eigenvalue weighted by Gasteiger charge is 2.28. The van der Waals surface area contributed by atoms with Crippen LogP contribution < -0.4 is 5.32 Å². The Morgan fingerprint density at radius 2 is 1.81 bits per heavy atom. The lowest BCUT2D eigenvalue weighted by Crippen LogP contribution is -2.42. The number of nitrogens with one attached hydrogen (secondary N) is 1. The highest BCUT2D eigenvalue weighted by atomic mass is 16.3. The minimum atomic E-state index is -0.735. The van der Waals surface area contributed by atoms with E-state index >= 15 is 0 Å². The van der Waals surface area contributed by atoms with Crippen molar-refractivity contribution < 1.29 is 15.0 Å². The van der Waals surface area contributed by atoms with Gasteiger partial charge in [-0.25, -0.2) is 0 Å². The number of phenolic OH excluding ortho intramolecular Hbond substituents is 1. The molecule has 116 valence electrons. The van der Waals surface area contributed by atoms with E-state index in [1.54, 1.807) is 12.1 Å². The number of amides is 1. The summed E-state index contributed by atoms with van der Waals surface area (Å²) in [6.07, 6.45) is 6.78. The number of hydrogen-bond donors (Lipinski definition) is 3. The third-order valence-corrected chi connectivity index (χ3v) is 4.26. The third kappa shape index (κ3) is 5.05. The maximum absolute atomic E-state index is 11.9. The van der Waals surface area contributed by atoms with Crippen LogP contribution >= 0.6 is 0 Å². The Bertz CT molecular complexity index is 465. The average molecular weight is 291 g/mol. The zero-order valence-corrected chi connectivity index (χ0v) is 12.5.